The van der Waals surface area contributed by atoms with Crippen LogP contribution in [0.1, 0.15) is 68.1 Å². The van der Waals surface area contributed by atoms with Gasteiger partial charge < -0.3 is 15.5 Å². The predicted molar refractivity (Wildman–Crippen MR) is 112 cm³/mol. The maximum absolute atomic E-state index is 12.4. The van der Waals surface area contributed by atoms with E-state index in [1.165, 1.54) is 32.1 Å². The molecule has 5 nitrogen and oxygen atoms in total. The number of rotatable bonds is 5. The number of likely N-dealkylation sites (tertiary alicyclic amines) is 1. The van der Waals surface area contributed by atoms with Crippen LogP contribution in [0.25, 0.3) is 0 Å². The lowest BCUT2D eigenvalue weighted by atomic mass is 9.86. The minimum atomic E-state index is -0.0288. The highest BCUT2D eigenvalue weighted by Crippen LogP contribution is 2.27. The maximum Gasteiger partial charge on any atom is 0.253 e. The first kappa shape index (κ1) is 19.8. The summed E-state index contributed by atoms with van der Waals surface area (Å²) in [6, 6.07) is 7.25. The molecule has 2 N–H and O–H groups in total. The van der Waals surface area contributed by atoms with Gasteiger partial charge in [-0.2, -0.15) is 0 Å². The molecule has 2 amide bonds. The normalized spacial score (nSPS) is 17.6. The van der Waals surface area contributed by atoms with E-state index in [4.69, 9.17) is 12.2 Å². The Morgan fingerprint density at radius 1 is 1.00 bits per heavy atom. The summed E-state index contributed by atoms with van der Waals surface area (Å²) in [6.07, 6.45) is 10.1. The number of carbonyl (C=O) groups excluding carboxylic acids is 2. The molecule has 2 fully saturated rings. The Balaban J connectivity index is 1.41. The first-order valence-electron chi connectivity index (χ1n) is 10.1. The third-order valence-electron chi connectivity index (χ3n) is 5.54. The summed E-state index contributed by atoms with van der Waals surface area (Å²) < 4.78 is 0. The molecule has 1 aliphatic heterocycles. The van der Waals surface area contributed by atoms with E-state index >= 15 is 0 Å². The van der Waals surface area contributed by atoms with Gasteiger partial charge in [-0.3, -0.25) is 9.59 Å². The molecule has 0 atom stereocenters. The highest BCUT2D eigenvalue weighted by atomic mass is 32.1. The van der Waals surface area contributed by atoms with Crippen molar-refractivity contribution in [2.75, 3.05) is 18.4 Å². The smallest absolute Gasteiger partial charge is 0.253 e. The van der Waals surface area contributed by atoms with Crippen molar-refractivity contribution >= 4 is 34.8 Å². The van der Waals surface area contributed by atoms with Crippen LogP contribution in [-0.2, 0) is 4.79 Å². The zero-order chi connectivity index (χ0) is 19.1. The van der Waals surface area contributed by atoms with Gasteiger partial charge >= 0.3 is 0 Å². The molecule has 0 unspecified atom stereocenters. The zero-order valence-corrected chi connectivity index (χ0v) is 16.7. The fourth-order valence-electron chi connectivity index (χ4n) is 3.96. The van der Waals surface area contributed by atoms with Crippen molar-refractivity contribution in [3.05, 3.63) is 29.8 Å². The van der Waals surface area contributed by atoms with Crippen LogP contribution >= 0.6 is 12.2 Å². The lowest BCUT2D eigenvalue weighted by Gasteiger charge is -2.21. The van der Waals surface area contributed by atoms with Crippen molar-refractivity contribution in [2.45, 2.75) is 57.8 Å². The van der Waals surface area contributed by atoms with Crippen LogP contribution in [0, 0.1) is 5.92 Å². The topological polar surface area (TPSA) is 61.4 Å². The van der Waals surface area contributed by atoms with E-state index in [1.54, 1.807) is 12.1 Å². The second kappa shape index (κ2) is 9.83. The quantitative estimate of drug-likeness (QED) is 0.747. The Hall–Kier alpha value is -1.95. The molecule has 0 radical (unpaired) electrons. The molecule has 0 spiro atoms. The van der Waals surface area contributed by atoms with Crippen LogP contribution in [0.5, 0.6) is 0 Å². The van der Waals surface area contributed by atoms with E-state index in [0.717, 1.165) is 38.0 Å². The van der Waals surface area contributed by atoms with Crippen molar-refractivity contribution in [3.8, 4) is 0 Å². The molecule has 3 rings (SSSR count). The molecular formula is C21H29N3O2S. The number of nitrogens with zero attached hydrogens (tertiary/aromatic N) is 1. The maximum atomic E-state index is 12.4. The van der Waals surface area contributed by atoms with Crippen molar-refractivity contribution in [2.24, 2.45) is 5.92 Å². The van der Waals surface area contributed by atoms with Crippen LogP contribution in [0.3, 0.4) is 0 Å². The monoisotopic (exact) mass is 387 g/mol. The first-order chi connectivity index (χ1) is 13.1. The van der Waals surface area contributed by atoms with Gasteiger partial charge in [-0.25, -0.2) is 0 Å². The minimum absolute atomic E-state index is 0.0288. The molecule has 1 aliphatic carbocycles. The molecule has 0 aromatic heterocycles. The van der Waals surface area contributed by atoms with Gasteiger partial charge in [0, 0.05) is 30.8 Å². The summed E-state index contributed by atoms with van der Waals surface area (Å²) in [7, 11) is 0. The Morgan fingerprint density at radius 2 is 1.67 bits per heavy atom. The van der Waals surface area contributed by atoms with E-state index in [2.05, 4.69) is 10.6 Å². The summed E-state index contributed by atoms with van der Waals surface area (Å²) in [5, 5.41) is 6.09. The SMILES string of the molecule is O=C(CCC1CCCCC1)NC(=S)Nc1ccc(C(=O)N2CCCC2)cc1. The van der Waals surface area contributed by atoms with Crippen LogP contribution in [-0.4, -0.2) is 34.9 Å². The van der Waals surface area contributed by atoms with Gasteiger partial charge in [-0.15, -0.1) is 0 Å². The van der Waals surface area contributed by atoms with E-state index in [9.17, 15) is 9.59 Å². The third kappa shape index (κ3) is 6.03. The highest BCUT2D eigenvalue weighted by molar-refractivity contribution is 7.80. The summed E-state index contributed by atoms with van der Waals surface area (Å²) in [4.78, 5) is 26.3. The number of hydrogen-bond acceptors (Lipinski definition) is 3. The minimum Gasteiger partial charge on any atom is -0.339 e. The first-order valence-corrected chi connectivity index (χ1v) is 10.5. The standard InChI is InChI=1S/C21H29N3O2S/c25-19(13-8-16-6-2-1-3-7-16)23-21(27)22-18-11-9-17(10-12-18)20(26)24-14-4-5-15-24/h9-12,16H,1-8,13-15H2,(H2,22,23,25,27). The molecule has 1 saturated carbocycles. The molecule has 2 aliphatic rings. The van der Waals surface area contributed by atoms with Crippen LogP contribution < -0.4 is 10.6 Å². The number of hydrogen-bond donors (Lipinski definition) is 2. The molecule has 0 bridgehead atoms. The summed E-state index contributed by atoms with van der Waals surface area (Å²) in [6.45, 7) is 1.69. The molecule has 1 aromatic rings. The molecule has 1 aromatic carbocycles. The van der Waals surface area contributed by atoms with Crippen molar-refractivity contribution < 1.29 is 9.59 Å². The highest BCUT2D eigenvalue weighted by Gasteiger charge is 2.19. The molecular weight excluding hydrogens is 358 g/mol. The van der Waals surface area contributed by atoms with Crippen LogP contribution in [0.15, 0.2) is 24.3 Å². The van der Waals surface area contributed by atoms with Crippen molar-refractivity contribution in [1.29, 1.82) is 0 Å². The average Bonchev–Trinajstić information content (AvgIpc) is 3.22. The largest absolute Gasteiger partial charge is 0.339 e. The number of thiocarbonyl (C=S) groups is 1. The molecule has 146 valence electrons. The van der Waals surface area contributed by atoms with Gasteiger partial charge in [0.15, 0.2) is 5.11 Å². The molecule has 6 heteroatoms. The lowest BCUT2D eigenvalue weighted by molar-refractivity contribution is -0.120. The number of benzene rings is 1. The second-order valence-electron chi connectivity index (χ2n) is 7.62. The van der Waals surface area contributed by atoms with Gasteiger partial charge in [0.1, 0.15) is 0 Å². The van der Waals surface area contributed by atoms with E-state index in [-0.39, 0.29) is 11.8 Å². The van der Waals surface area contributed by atoms with Gasteiger partial charge in [0.25, 0.3) is 5.91 Å². The number of anilines is 1. The Kier molecular flexibility index (Phi) is 7.21. The fraction of sp³-hybridized carbons (Fsp3) is 0.571. The van der Waals surface area contributed by atoms with E-state index < -0.39 is 0 Å². The number of amides is 2. The number of nitrogens with one attached hydrogen (secondary N) is 2. The van der Waals surface area contributed by atoms with Crippen molar-refractivity contribution in [1.82, 2.24) is 10.2 Å². The van der Waals surface area contributed by atoms with Crippen LogP contribution in [0.4, 0.5) is 5.69 Å². The van der Waals surface area contributed by atoms with Gasteiger partial charge in [0.05, 0.1) is 0 Å². The summed E-state index contributed by atoms with van der Waals surface area (Å²) >= 11 is 5.24. The Morgan fingerprint density at radius 3 is 2.33 bits per heavy atom. The molecule has 1 saturated heterocycles. The third-order valence-corrected chi connectivity index (χ3v) is 5.74. The van der Waals surface area contributed by atoms with E-state index in [0.29, 0.717) is 23.0 Å². The second-order valence-corrected chi connectivity index (χ2v) is 8.03. The zero-order valence-electron chi connectivity index (χ0n) is 15.8. The van der Waals surface area contributed by atoms with Crippen LogP contribution in [0.2, 0.25) is 0 Å². The molecule has 1 heterocycles. The molecule has 27 heavy (non-hydrogen) atoms. The van der Waals surface area contributed by atoms with Gasteiger partial charge in [0.2, 0.25) is 5.91 Å². The summed E-state index contributed by atoms with van der Waals surface area (Å²) in [5.41, 5.74) is 1.45. The van der Waals surface area contributed by atoms with Gasteiger partial charge in [-0.05, 0) is 61.7 Å². The number of carbonyl (C=O) groups is 2. The predicted octanol–water partition coefficient (Wildman–Crippen LogP) is 4.10. The Bertz CT molecular complexity index is 663. The summed E-state index contributed by atoms with van der Waals surface area (Å²) in [5.74, 6) is 0.739. The fourth-order valence-corrected chi connectivity index (χ4v) is 4.19. The van der Waals surface area contributed by atoms with Gasteiger partial charge in [-0.1, -0.05) is 32.1 Å². The van der Waals surface area contributed by atoms with E-state index in [1.807, 2.05) is 17.0 Å². The Labute approximate surface area is 166 Å². The lowest BCUT2D eigenvalue weighted by Crippen LogP contribution is -2.34. The van der Waals surface area contributed by atoms with Crippen molar-refractivity contribution in [3.63, 3.8) is 0 Å². The average molecular weight is 388 g/mol.